The van der Waals surface area contributed by atoms with E-state index in [1.807, 2.05) is 20.8 Å². The van der Waals surface area contributed by atoms with Gasteiger partial charge in [-0.15, -0.1) is 22.7 Å². The van der Waals surface area contributed by atoms with Crippen LogP contribution < -0.4 is 10.6 Å². The lowest BCUT2D eigenvalue weighted by molar-refractivity contribution is -0.140. The number of thiophene rings is 1. The Bertz CT molecular complexity index is 1600. The maximum absolute atomic E-state index is 14.2. The van der Waals surface area contributed by atoms with Crippen LogP contribution in [0.2, 0.25) is 0 Å². The van der Waals surface area contributed by atoms with E-state index in [4.69, 9.17) is 9.79 Å². The summed E-state index contributed by atoms with van der Waals surface area (Å²) in [6, 6.07) is 2.70. The monoisotopic (exact) mass is 656 g/mol. The molecule has 234 valence electrons. The highest BCUT2D eigenvalue weighted by molar-refractivity contribution is 7.52. The van der Waals surface area contributed by atoms with Crippen molar-refractivity contribution in [3.63, 3.8) is 0 Å². The molecule has 1 aromatic carbocycles. The van der Waals surface area contributed by atoms with Gasteiger partial charge in [0, 0.05) is 27.9 Å². The zero-order chi connectivity index (χ0) is 32.1. The molecule has 0 saturated carbocycles. The van der Waals surface area contributed by atoms with Gasteiger partial charge in [-0.25, -0.2) is 4.98 Å². The molecule has 1 saturated heterocycles. The minimum Gasteiger partial charge on any atom is -0.339 e. The molecule has 0 radical (unpaired) electrons. The van der Waals surface area contributed by atoms with E-state index in [0.717, 1.165) is 28.3 Å². The van der Waals surface area contributed by atoms with Gasteiger partial charge in [0.05, 0.1) is 4.88 Å². The number of carbonyl (C=O) groups is 3. The largest absolute Gasteiger partial charge is 0.399 e. The Morgan fingerprint density at radius 2 is 1.77 bits per heavy atom. The van der Waals surface area contributed by atoms with Gasteiger partial charge in [-0.1, -0.05) is 47.6 Å². The van der Waals surface area contributed by atoms with Crippen LogP contribution in [0.3, 0.4) is 0 Å². The van der Waals surface area contributed by atoms with Crippen LogP contribution >= 0.6 is 30.3 Å². The fraction of sp³-hybridized carbons (Fsp3) is 0.500. The van der Waals surface area contributed by atoms with E-state index >= 15 is 0 Å². The van der Waals surface area contributed by atoms with E-state index in [2.05, 4.69) is 15.6 Å². The molecule has 4 rings (SSSR count). The van der Waals surface area contributed by atoms with Crippen LogP contribution in [0.25, 0.3) is 10.1 Å². The molecule has 10 nitrogen and oxygen atoms in total. The number of rotatable bonds is 7. The highest BCUT2D eigenvalue weighted by Gasteiger charge is 2.50. The second kappa shape index (κ2) is 11.6. The van der Waals surface area contributed by atoms with Crippen molar-refractivity contribution in [2.45, 2.75) is 77.5 Å². The summed E-state index contributed by atoms with van der Waals surface area (Å²) in [5, 5.41) is 6.25. The van der Waals surface area contributed by atoms with Gasteiger partial charge in [-0.3, -0.25) is 18.9 Å². The third-order valence-electron chi connectivity index (χ3n) is 7.16. The Balaban J connectivity index is 1.53. The van der Waals surface area contributed by atoms with Crippen LogP contribution in [0, 0.1) is 5.41 Å². The highest BCUT2D eigenvalue weighted by Crippen LogP contribution is 2.59. The van der Waals surface area contributed by atoms with Gasteiger partial charge in [0.1, 0.15) is 12.1 Å². The van der Waals surface area contributed by atoms with Crippen molar-refractivity contribution in [3.8, 4) is 0 Å². The van der Waals surface area contributed by atoms with Gasteiger partial charge in [-0.05, 0) is 47.3 Å². The number of nitrogens with one attached hydrogen (secondary N) is 2. The number of likely N-dealkylation sites (tertiary alicyclic amines) is 1. The van der Waals surface area contributed by atoms with Gasteiger partial charge >= 0.3 is 13.3 Å². The number of benzene rings is 1. The zero-order valence-electron chi connectivity index (χ0n) is 24.6. The van der Waals surface area contributed by atoms with Gasteiger partial charge in [0.15, 0.2) is 5.13 Å². The minimum atomic E-state index is -5.76. The third kappa shape index (κ3) is 6.99. The average Bonchev–Trinajstić information content (AvgIpc) is 3.63. The van der Waals surface area contributed by atoms with Crippen molar-refractivity contribution in [1.29, 1.82) is 0 Å². The predicted molar refractivity (Wildman–Crippen MR) is 163 cm³/mol. The summed E-state index contributed by atoms with van der Waals surface area (Å²) in [5.74, 6) is -1.39. The van der Waals surface area contributed by atoms with E-state index in [0.29, 0.717) is 29.2 Å². The van der Waals surface area contributed by atoms with Gasteiger partial charge in [-0.2, -0.15) is 8.78 Å². The van der Waals surface area contributed by atoms with E-state index < -0.39 is 48.1 Å². The molecule has 1 aliphatic heterocycles. The Hall–Kier alpha value is -2.77. The van der Waals surface area contributed by atoms with Gasteiger partial charge in [0.25, 0.3) is 5.91 Å². The summed E-state index contributed by atoms with van der Waals surface area (Å²) in [6.45, 7) is 11.8. The molecular formula is C28H35F2N4O6PS2. The first-order chi connectivity index (χ1) is 19.7. The molecule has 1 aliphatic rings. The number of nitrogens with zero attached hydrogens (tertiary/aromatic N) is 2. The number of thiazole rings is 1. The highest BCUT2D eigenvalue weighted by atomic mass is 32.1. The minimum absolute atomic E-state index is 0.126. The first-order valence-electron chi connectivity index (χ1n) is 13.6. The first kappa shape index (κ1) is 33.1. The second-order valence-corrected chi connectivity index (χ2v) is 16.4. The summed E-state index contributed by atoms with van der Waals surface area (Å²) in [7, 11) is -5.76. The summed E-state index contributed by atoms with van der Waals surface area (Å²) < 4.78 is 40.2. The molecule has 4 N–H and O–H groups in total. The van der Waals surface area contributed by atoms with Gasteiger partial charge < -0.3 is 25.3 Å². The topological polar surface area (TPSA) is 149 Å². The molecule has 2 aromatic heterocycles. The summed E-state index contributed by atoms with van der Waals surface area (Å²) >= 11 is 2.37. The fourth-order valence-electron chi connectivity index (χ4n) is 4.70. The maximum atomic E-state index is 14.2. The number of hydrogen-bond acceptors (Lipinski definition) is 7. The Kier molecular flexibility index (Phi) is 8.96. The average molecular weight is 657 g/mol. The standard InChI is InChI=1S/C28H35F2N4O6PS2/c1-26(2,3)20-14-31-25(43-20)33-22(35)17-8-7-11-34(17)24(37)21(27(4,5)6)32-23(36)19-13-15-12-16(9-10-18(15)42-19)28(29,30)41(38,39)40/h9-10,12-14,17,21H,7-8,11H2,1-6H3,(H,32,36)(H,31,33,35)(H2,38,39,40). The number of anilines is 1. The van der Waals surface area contributed by atoms with Crippen LogP contribution in [-0.2, 0) is 25.2 Å². The second-order valence-electron chi connectivity index (χ2n) is 12.7. The normalized spacial score (nSPS) is 17.3. The van der Waals surface area contributed by atoms with Crippen LogP contribution in [-0.4, -0.2) is 56.0 Å². The third-order valence-corrected chi connectivity index (χ3v) is 10.6. The van der Waals surface area contributed by atoms with Crippen molar-refractivity contribution in [2.24, 2.45) is 5.41 Å². The zero-order valence-corrected chi connectivity index (χ0v) is 27.1. The molecule has 1 fully saturated rings. The van der Waals surface area contributed by atoms with Crippen LogP contribution in [0.5, 0.6) is 0 Å². The van der Waals surface area contributed by atoms with Crippen molar-refractivity contribution in [2.75, 3.05) is 11.9 Å². The van der Waals surface area contributed by atoms with Crippen LogP contribution in [0.15, 0.2) is 30.5 Å². The van der Waals surface area contributed by atoms with E-state index in [9.17, 15) is 27.7 Å². The molecule has 3 heterocycles. The molecule has 15 heteroatoms. The van der Waals surface area contributed by atoms with E-state index in [-0.39, 0.29) is 21.6 Å². The van der Waals surface area contributed by atoms with Crippen molar-refractivity contribution in [3.05, 3.63) is 45.8 Å². The molecule has 3 aromatic rings. The lowest BCUT2D eigenvalue weighted by Gasteiger charge is -2.35. The van der Waals surface area contributed by atoms with Crippen molar-refractivity contribution >= 4 is 63.2 Å². The summed E-state index contributed by atoms with van der Waals surface area (Å²) in [6.07, 6.45) is 2.79. The van der Waals surface area contributed by atoms with E-state index in [1.165, 1.54) is 28.4 Å². The number of amides is 3. The molecule has 2 atom stereocenters. The van der Waals surface area contributed by atoms with Crippen molar-refractivity contribution in [1.82, 2.24) is 15.2 Å². The predicted octanol–water partition coefficient (Wildman–Crippen LogP) is 5.66. The molecule has 0 bridgehead atoms. The van der Waals surface area contributed by atoms with Crippen molar-refractivity contribution < 1.29 is 37.5 Å². The number of halogens is 2. The molecular weight excluding hydrogens is 621 g/mol. The first-order valence-corrected chi connectivity index (χ1v) is 16.8. The molecule has 2 unspecified atom stereocenters. The number of hydrogen-bond donors (Lipinski definition) is 4. The Morgan fingerprint density at radius 1 is 1.09 bits per heavy atom. The number of fused-ring (bicyclic) bond motifs is 1. The maximum Gasteiger partial charge on any atom is 0.399 e. The number of alkyl halides is 2. The van der Waals surface area contributed by atoms with Crippen LogP contribution in [0.1, 0.15) is 74.5 Å². The van der Waals surface area contributed by atoms with Crippen LogP contribution in [0.4, 0.5) is 13.9 Å². The quantitative estimate of drug-likeness (QED) is 0.240. The molecule has 43 heavy (non-hydrogen) atoms. The SMILES string of the molecule is CC(C)(C)c1cnc(NC(=O)C2CCCN2C(=O)C(NC(=O)c2cc3cc(C(F)(F)P(=O)(O)O)ccc3s2)C(C)(C)C)s1. The Labute approximate surface area is 256 Å². The molecule has 0 spiro atoms. The smallest absolute Gasteiger partial charge is 0.339 e. The summed E-state index contributed by atoms with van der Waals surface area (Å²) in [4.78, 5) is 65.5. The summed E-state index contributed by atoms with van der Waals surface area (Å²) in [5.41, 5.74) is -6.13. The number of aromatic nitrogens is 1. The lowest BCUT2D eigenvalue weighted by Crippen LogP contribution is -2.57. The lowest BCUT2D eigenvalue weighted by atomic mass is 9.85. The molecule has 0 aliphatic carbocycles. The number of carbonyl (C=O) groups excluding carboxylic acids is 3. The van der Waals surface area contributed by atoms with Gasteiger partial charge in [0.2, 0.25) is 11.8 Å². The Morgan fingerprint density at radius 3 is 2.35 bits per heavy atom. The van der Waals surface area contributed by atoms with E-state index in [1.54, 1.807) is 27.0 Å². The fourth-order valence-corrected chi connectivity index (χ4v) is 7.00. The molecule has 3 amide bonds.